The Bertz CT molecular complexity index is 441. The number of aryl methyl sites for hydroxylation is 1. The summed E-state index contributed by atoms with van der Waals surface area (Å²) < 4.78 is 0. The van der Waals surface area contributed by atoms with Crippen molar-refractivity contribution in [1.82, 2.24) is 15.5 Å². The van der Waals surface area contributed by atoms with Crippen LogP contribution in [0, 0.1) is 5.92 Å². The number of hydrogen-bond acceptors (Lipinski definition) is 3. The molecule has 1 aromatic rings. The summed E-state index contributed by atoms with van der Waals surface area (Å²) in [6, 6.07) is 0.263. The van der Waals surface area contributed by atoms with Crippen molar-refractivity contribution in [2.45, 2.75) is 58.4 Å². The summed E-state index contributed by atoms with van der Waals surface area (Å²) in [6.45, 7) is 4.27. The van der Waals surface area contributed by atoms with Gasteiger partial charge >= 0.3 is 0 Å². The van der Waals surface area contributed by atoms with Crippen molar-refractivity contribution in [3.63, 3.8) is 0 Å². The van der Waals surface area contributed by atoms with Crippen LogP contribution in [0.3, 0.4) is 0 Å². The van der Waals surface area contributed by atoms with Gasteiger partial charge in [-0.3, -0.25) is 9.89 Å². The van der Waals surface area contributed by atoms with Crippen LogP contribution < -0.4 is 11.1 Å². The third-order valence-electron chi connectivity index (χ3n) is 4.04. The second-order valence-corrected chi connectivity index (χ2v) is 5.60. The third-order valence-corrected chi connectivity index (χ3v) is 4.04. The van der Waals surface area contributed by atoms with Crippen LogP contribution in [-0.2, 0) is 6.42 Å². The van der Waals surface area contributed by atoms with Crippen LogP contribution in [0.4, 0.5) is 5.69 Å². The zero-order valence-electron chi connectivity index (χ0n) is 11.8. The van der Waals surface area contributed by atoms with Crippen LogP contribution in [0.25, 0.3) is 0 Å². The van der Waals surface area contributed by atoms with Gasteiger partial charge in [-0.25, -0.2) is 0 Å². The van der Waals surface area contributed by atoms with Gasteiger partial charge in [-0.15, -0.1) is 0 Å². The number of nitrogens with one attached hydrogen (secondary N) is 2. The molecule has 0 spiro atoms. The van der Waals surface area contributed by atoms with E-state index in [-0.39, 0.29) is 11.9 Å². The molecule has 1 amide bonds. The molecule has 1 saturated carbocycles. The molecule has 1 aliphatic rings. The van der Waals surface area contributed by atoms with Gasteiger partial charge in [-0.05, 0) is 31.6 Å². The maximum atomic E-state index is 12.2. The molecule has 0 aliphatic heterocycles. The van der Waals surface area contributed by atoms with E-state index in [0.29, 0.717) is 11.4 Å². The minimum atomic E-state index is -0.145. The average molecular weight is 264 g/mol. The number of carbonyl (C=O) groups is 1. The normalized spacial score (nSPS) is 23.9. The molecule has 1 aliphatic carbocycles. The standard InChI is InChI=1S/C14H24N4O/c1-3-11-12(15)13(18-17-11)14(19)16-10-6-4-5-9(2)7-8-10/h9-10H,3-8,15H2,1-2H3,(H,16,19)(H,17,18). The summed E-state index contributed by atoms with van der Waals surface area (Å²) in [7, 11) is 0. The van der Waals surface area contributed by atoms with E-state index in [1.807, 2.05) is 6.92 Å². The molecular weight excluding hydrogens is 240 g/mol. The molecule has 1 fully saturated rings. The highest BCUT2D eigenvalue weighted by atomic mass is 16.2. The van der Waals surface area contributed by atoms with Gasteiger partial charge < -0.3 is 11.1 Å². The Morgan fingerprint density at radius 2 is 2.21 bits per heavy atom. The Labute approximate surface area is 114 Å². The second kappa shape index (κ2) is 6.08. The Hall–Kier alpha value is -1.52. The van der Waals surface area contributed by atoms with Crippen LogP contribution in [0.1, 0.15) is 62.1 Å². The Balaban J connectivity index is 1.98. The smallest absolute Gasteiger partial charge is 0.274 e. The van der Waals surface area contributed by atoms with E-state index in [2.05, 4.69) is 22.4 Å². The van der Waals surface area contributed by atoms with Crippen molar-refractivity contribution in [3.05, 3.63) is 11.4 Å². The van der Waals surface area contributed by atoms with E-state index >= 15 is 0 Å². The quantitative estimate of drug-likeness (QED) is 0.732. The summed E-state index contributed by atoms with van der Waals surface area (Å²) >= 11 is 0. The minimum absolute atomic E-state index is 0.145. The zero-order valence-corrected chi connectivity index (χ0v) is 11.8. The molecule has 5 heteroatoms. The highest BCUT2D eigenvalue weighted by molar-refractivity contribution is 5.97. The molecule has 0 bridgehead atoms. The number of aromatic nitrogens is 2. The molecule has 5 nitrogen and oxygen atoms in total. The molecule has 4 N–H and O–H groups in total. The fraction of sp³-hybridized carbons (Fsp3) is 0.714. The predicted molar refractivity (Wildman–Crippen MR) is 75.9 cm³/mol. The van der Waals surface area contributed by atoms with Crippen molar-refractivity contribution in [2.24, 2.45) is 5.92 Å². The lowest BCUT2D eigenvalue weighted by atomic mass is 10.0. The van der Waals surface area contributed by atoms with E-state index in [4.69, 9.17) is 5.73 Å². The van der Waals surface area contributed by atoms with E-state index in [9.17, 15) is 4.79 Å². The first-order valence-electron chi connectivity index (χ1n) is 7.25. The van der Waals surface area contributed by atoms with Crippen molar-refractivity contribution < 1.29 is 4.79 Å². The Kier molecular flexibility index (Phi) is 4.45. The molecule has 0 saturated heterocycles. The summed E-state index contributed by atoms with van der Waals surface area (Å²) in [6.07, 6.45) is 6.49. The van der Waals surface area contributed by atoms with Crippen LogP contribution in [0.2, 0.25) is 0 Å². The summed E-state index contributed by atoms with van der Waals surface area (Å²) in [5, 5.41) is 9.93. The predicted octanol–water partition coefficient (Wildman–Crippen LogP) is 2.25. The number of anilines is 1. The van der Waals surface area contributed by atoms with E-state index < -0.39 is 0 Å². The van der Waals surface area contributed by atoms with E-state index in [1.54, 1.807) is 0 Å². The molecule has 106 valence electrons. The van der Waals surface area contributed by atoms with Crippen LogP contribution in [0.5, 0.6) is 0 Å². The number of amides is 1. The van der Waals surface area contributed by atoms with Crippen molar-refractivity contribution in [2.75, 3.05) is 5.73 Å². The summed E-state index contributed by atoms with van der Waals surface area (Å²) in [4.78, 5) is 12.2. The number of carbonyl (C=O) groups excluding carboxylic acids is 1. The van der Waals surface area contributed by atoms with Crippen molar-refractivity contribution in [1.29, 1.82) is 0 Å². The molecule has 1 aromatic heterocycles. The third kappa shape index (κ3) is 3.28. The number of nitrogens with zero attached hydrogens (tertiary/aromatic N) is 1. The van der Waals surface area contributed by atoms with Gasteiger partial charge in [0.25, 0.3) is 5.91 Å². The first-order chi connectivity index (χ1) is 9.11. The van der Waals surface area contributed by atoms with Crippen molar-refractivity contribution >= 4 is 11.6 Å². The lowest BCUT2D eigenvalue weighted by molar-refractivity contribution is 0.0929. The second-order valence-electron chi connectivity index (χ2n) is 5.60. The minimum Gasteiger partial charge on any atom is -0.395 e. The number of H-pyrrole nitrogens is 1. The number of nitrogen functional groups attached to an aromatic ring is 1. The highest BCUT2D eigenvalue weighted by Gasteiger charge is 2.21. The monoisotopic (exact) mass is 264 g/mol. The Morgan fingerprint density at radius 3 is 2.89 bits per heavy atom. The molecule has 2 atom stereocenters. The fourth-order valence-corrected chi connectivity index (χ4v) is 2.71. The molecular formula is C14H24N4O. The number of hydrogen-bond donors (Lipinski definition) is 3. The van der Waals surface area contributed by atoms with E-state index in [0.717, 1.165) is 30.9 Å². The van der Waals surface area contributed by atoms with Gasteiger partial charge in [0, 0.05) is 6.04 Å². The van der Waals surface area contributed by atoms with Gasteiger partial charge in [0.05, 0.1) is 11.4 Å². The largest absolute Gasteiger partial charge is 0.395 e. The lowest BCUT2D eigenvalue weighted by Gasteiger charge is -2.15. The number of rotatable bonds is 3. The van der Waals surface area contributed by atoms with Crippen LogP contribution >= 0.6 is 0 Å². The summed E-state index contributed by atoms with van der Waals surface area (Å²) in [5.41, 5.74) is 7.58. The zero-order chi connectivity index (χ0) is 13.8. The molecule has 1 heterocycles. The van der Waals surface area contributed by atoms with E-state index in [1.165, 1.54) is 19.3 Å². The molecule has 0 aromatic carbocycles. The average Bonchev–Trinajstić information content (AvgIpc) is 2.64. The number of nitrogens with two attached hydrogens (primary N) is 1. The maximum Gasteiger partial charge on any atom is 0.274 e. The van der Waals surface area contributed by atoms with Gasteiger partial charge in [-0.2, -0.15) is 5.10 Å². The molecule has 19 heavy (non-hydrogen) atoms. The maximum absolute atomic E-state index is 12.2. The fourth-order valence-electron chi connectivity index (χ4n) is 2.71. The summed E-state index contributed by atoms with van der Waals surface area (Å²) in [5.74, 6) is 0.622. The SMILES string of the molecule is CCc1[nH]nc(C(=O)NC2CCCC(C)CC2)c1N. The number of aromatic amines is 1. The topological polar surface area (TPSA) is 83.8 Å². The Morgan fingerprint density at radius 1 is 1.42 bits per heavy atom. The highest BCUT2D eigenvalue weighted by Crippen LogP contribution is 2.23. The van der Waals surface area contributed by atoms with Gasteiger partial charge in [0.1, 0.15) is 0 Å². The van der Waals surface area contributed by atoms with Crippen molar-refractivity contribution in [3.8, 4) is 0 Å². The first kappa shape index (κ1) is 13.9. The molecule has 0 radical (unpaired) electrons. The first-order valence-corrected chi connectivity index (χ1v) is 7.25. The van der Waals surface area contributed by atoms with Gasteiger partial charge in [0.15, 0.2) is 5.69 Å². The lowest BCUT2D eigenvalue weighted by Crippen LogP contribution is -2.35. The van der Waals surface area contributed by atoms with Crippen LogP contribution in [0.15, 0.2) is 0 Å². The molecule has 2 rings (SSSR count). The van der Waals surface area contributed by atoms with Gasteiger partial charge in [-0.1, -0.05) is 26.7 Å². The molecule has 2 unspecified atom stereocenters. The van der Waals surface area contributed by atoms with Gasteiger partial charge in [0.2, 0.25) is 0 Å². The van der Waals surface area contributed by atoms with Crippen LogP contribution in [-0.4, -0.2) is 22.1 Å².